The molecule has 0 saturated carbocycles. The van der Waals surface area contributed by atoms with Gasteiger partial charge in [0.1, 0.15) is 15.6 Å². The molecule has 24 heavy (non-hydrogen) atoms. The second-order valence-corrected chi connectivity index (χ2v) is 6.30. The zero-order valence-corrected chi connectivity index (χ0v) is 14.3. The molecule has 0 spiro atoms. The summed E-state index contributed by atoms with van der Waals surface area (Å²) in [7, 11) is 1.57. The zero-order valence-electron chi connectivity index (χ0n) is 13.5. The van der Waals surface area contributed by atoms with Gasteiger partial charge in [-0.15, -0.1) is 11.3 Å². The van der Waals surface area contributed by atoms with E-state index in [1.165, 1.54) is 22.2 Å². The van der Waals surface area contributed by atoms with Crippen LogP contribution >= 0.6 is 11.3 Å². The lowest BCUT2D eigenvalue weighted by molar-refractivity contribution is -0.124. The lowest BCUT2D eigenvalue weighted by Gasteiger charge is -2.17. The minimum absolute atomic E-state index is 0.211. The molecular weight excluding hydrogens is 328 g/mol. The van der Waals surface area contributed by atoms with E-state index in [0.29, 0.717) is 29.8 Å². The number of fused-ring (bicyclic) bond motifs is 3. The number of amides is 1. The number of nitrogens with zero attached hydrogens (tertiary/aromatic N) is 3. The Morgan fingerprint density at radius 3 is 3.04 bits per heavy atom. The summed E-state index contributed by atoms with van der Waals surface area (Å²) in [4.78, 5) is 34.6. The maximum atomic E-state index is 12.8. The largest absolute Gasteiger partial charge is 0.383 e. The minimum atomic E-state index is -0.593. The number of thiophene rings is 1. The van der Waals surface area contributed by atoms with Crippen LogP contribution in [0.2, 0.25) is 0 Å². The number of nitrogens with one attached hydrogen (secondary N) is 1. The highest BCUT2D eigenvalue weighted by Crippen LogP contribution is 2.28. The van der Waals surface area contributed by atoms with Crippen molar-refractivity contribution in [3.8, 4) is 0 Å². The van der Waals surface area contributed by atoms with Gasteiger partial charge in [0, 0.05) is 25.2 Å². The normalized spacial score (nSPS) is 12.6. The van der Waals surface area contributed by atoms with E-state index in [4.69, 9.17) is 4.74 Å². The lowest BCUT2D eigenvalue weighted by Crippen LogP contribution is -2.38. The SMILES string of the molecule is CC[C@@H](C(=O)NCCOC)n1cnc2c(sc3ncccc32)c1=O. The van der Waals surface area contributed by atoms with E-state index in [-0.39, 0.29) is 11.5 Å². The molecule has 0 unspecified atom stereocenters. The quantitative estimate of drug-likeness (QED) is 0.687. The summed E-state index contributed by atoms with van der Waals surface area (Å²) in [5.74, 6) is -0.211. The van der Waals surface area contributed by atoms with Crippen molar-refractivity contribution in [1.29, 1.82) is 0 Å². The average Bonchev–Trinajstić information content (AvgIpc) is 2.97. The fourth-order valence-electron chi connectivity index (χ4n) is 2.61. The summed E-state index contributed by atoms with van der Waals surface area (Å²) in [5.41, 5.74) is 0.427. The first-order valence-electron chi connectivity index (χ1n) is 7.68. The second kappa shape index (κ2) is 7.06. The van der Waals surface area contributed by atoms with Crippen LogP contribution in [0.15, 0.2) is 29.5 Å². The number of hydrogen-bond acceptors (Lipinski definition) is 6. The van der Waals surface area contributed by atoms with Crippen LogP contribution in [-0.4, -0.2) is 40.7 Å². The first-order chi connectivity index (χ1) is 11.7. The summed E-state index contributed by atoms with van der Waals surface area (Å²) in [6.45, 7) is 2.70. The van der Waals surface area contributed by atoms with Gasteiger partial charge in [-0.1, -0.05) is 6.92 Å². The molecule has 0 aromatic carbocycles. The van der Waals surface area contributed by atoms with Crippen molar-refractivity contribution in [1.82, 2.24) is 19.9 Å². The summed E-state index contributed by atoms with van der Waals surface area (Å²) in [6, 6.07) is 3.12. The molecule has 0 radical (unpaired) electrons. The third-order valence-electron chi connectivity index (χ3n) is 3.81. The second-order valence-electron chi connectivity index (χ2n) is 5.30. The smallest absolute Gasteiger partial charge is 0.272 e. The molecule has 1 atom stereocenters. The third kappa shape index (κ3) is 2.90. The van der Waals surface area contributed by atoms with Gasteiger partial charge in [0.25, 0.3) is 5.56 Å². The number of methoxy groups -OCH3 is 1. The highest BCUT2D eigenvalue weighted by atomic mass is 32.1. The van der Waals surface area contributed by atoms with Crippen molar-refractivity contribution < 1.29 is 9.53 Å². The van der Waals surface area contributed by atoms with Crippen LogP contribution in [-0.2, 0) is 9.53 Å². The van der Waals surface area contributed by atoms with E-state index in [0.717, 1.165) is 10.2 Å². The molecule has 1 N–H and O–H groups in total. The van der Waals surface area contributed by atoms with Crippen LogP contribution in [0.5, 0.6) is 0 Å². The molecule has 1 amide bonds. The Labute approximate surface area is 142 Å². The van der Waals surface area contributed by atoms with E-state index >= 15 is 0 Å². The molecule has 3 aromatic heterocycles. The van der Waals surface area contributed by atoms with Gasteiger partial charge in [0.15, 0.2) is 0 Å². The van der Waals surface area contributed by atoms with E-state index in [1.54, 1.807) is 13.3 Å². The standard InChI is InChI=1S/C16H18N4O3S/c1-3-11(14(21)17-7-8-23-2)20-9-19-12-10-5-4-6-18-15(10)24-13(12)16(20)22/h4-6,9,11H,3,7-8H2,1-2H3,(H,17,21)/t11-/m0/s1. The highest BCUT2D eigenvalue weighted by Gasteiger charge is 2.21. The first-order valence-corrected chi connectivity index (χ1v) is 8.50. The number of ether oxygens (including phenoxy) is 1. The van der Waals surface area contributed by atoms with Gasteiger partial charge in [0.2, 0.25) is 5.91 Å². The van der Waals surface area contributed by atoms with Crippen LogP contribution in [0.1, 0.15) is 19.4 Å². The Kier molecular flexibility index (Phi) is 4.86. The molecule has 0 bridgehead atoms. The molecule has 3 aromatic rings. The van der Waals surface area contributed by atoms with Gasteiger partial charge >= 0.3 is 0 Å². The van der Waals surface area contributed by atoms with E-state index in [9.17, 15) is 9.59 Å². The first kappa shape index (κ1) is 16.5. The predicted octanol–water partition coefficient (Wildman–Crippen LogP) is 1.72. The number of carbonyl (C=O) groups is 1. The van der Waals surface area contributed by atoms with Crippen molar-refractivity contribution in [2.75, 3.05) is 20.3 Å². The van der Waals surface area contributed by atoms with Crippen LogP contribution < -0.4 is 10.9 Å². The van der Waals surface area contributed by atoms with Gasteiger partial charge in [-0.25, -0.2) is 9.97 Å². The fourth-order valence-corrected chi connectivity index (χ4v) is 3.64. The molecule has 8 heteroatoms. The molecule has 0 saturated heterocycles. The van der Waals surface area contributed by atoms with Crippen molar-refractivity contribution >= 4 is 37.7 Å². The minimum Gasteiger partial charge on any atom is -0.383 e. The summed E-state index contributed by atoms with van der Waals surface area (Å²) in [5, 5.41) is 3.64. The van der Waals surface area contributed by atoms with Crippen molar-refractivity contribution in [3.05, 3.63) is 35.0 Å². The molecule has 126 valence electrons. The predicted molar refractivity (Wildman–Crippen MR) is 93.4 cm³/mol. The van der Waals surface area contributed by atoms with Gasteiger partial charge in [-0.2, -0.15) is 0 Å². The van der Waals surface area contributed by atoms with Gasteiger partial charge in [-0.05, 0) is 18.6 Å². The molecule has 0 fully saturated rings. The molecular formula is C16H18N4O3S. The van der Waals surface area contributed by atoms with E-state index < -0.39 is 6.04 Å². The summed E-state index contributed by atoms with van der Waals surface area (Å²) >= 11 is 1.30. The van der Waals surface area contributed by atoms with Gasteiger partial charge in [-0.3, -0.25) is 14.2 Å². The van der Waals surface area contributed by atoms with Crippen LogP contribution in [0, 0.1) is 0 Å². The van der Waals surface area contributed by atoms with Crippen LogP contribution in [0.4, 0.5) is 0 Å². The molecule has 0 aliphatic rings. The van der Waals surface area contributed by atoms with Gasteiger partial charge in [0.05, 0.1) is 18.5 Å². The zero-order chi connectivity index (χ0) is 17.1. The average molecular weight is 346 g/mol. The monoisotopic (exact) mass is 346 g/mol. The van der Waals surface area contributed by atoms with Crippen molar-refractivity contribution in [3.63, 3.8) is 0 Å². The van der Waals surface area contributed by atoms with Crippen LogP contribution in [0.25, 0.3) is 20.4 Å². The van der Waals surface area contributed by atoms with Gasteiger partial charge < -0.3 is 10.1 Å². The Hall–Kier alpha value is -2.32. The third-order valence-corrected chi connectivity index (χ3v) is 4.90. The number of rotatable bonds is 6. The van der Waals surface area contributed by atoms with E-state index in [2.05, 4.69) is 15.3 Å². The summed E-state index contributed by atoms with van der Waals surface area (Å²) in [6.07, 6.45) is 3.64. The fraction of sp³-hybridized carbons (Fsp3) is 0.375. The lowest BCUT2D eigenvalue weighted by atomic mass is 10.2. The molecule has 3 heterocycles. The highest BCUT2D eigenvalue weighted by molar-refractivity contribution is 7.25. The Balaban J connectivity index is 2.02. The topological polar surface area (TPSA) is 86.1 Å². The van der Waals surface area contributed by atoms with E-state index in [1.807, 2.05) is 19.1 Å². The maximum absolute atomic E-state index is 12.8. The number of pyridine rings is 1. The molecule has 0 aliphatic carbocycles. The number of hydrogen-bond donors (Lipinski definition) is 1. The number of aromatic nitrogens is 3. The Morgan fingerprint density at radius 2 is 2.29 bits per heavy atom. The number of carbonyl (C=O) groups excluding carboxylic acids is 1. The molecule has 3 rings (SSSR count). The van der Waals surface area contributed by atoms with Crippen molar-refractivity contribution in [2.45, 2.75) is 19.4 Å². The van der Waals surface area contributed by atoms with Crippen LogP contribution in [0.3, 0.4) is 0 Å². The summed E-state index contributed by atoms with van der Waals surface area (Å²) < 4.78 is 6.85. The molecule has 7 nitrogen and oxygen atoms in total. The maximum Gasteiger partial charge on any atom is 0.272 e. The molecule has 0 aliphatic heterocycles. The Morgan fingerprint density at radius 1 is 1.46 bits per heavy atom. The van der Waals surface area contributed by atoms with Crippen molar-refractivity contribution in [2.24, 2.45) is 0 Å². The Bertz CT molecular complexity index is 934.